The van der Waals surface area contributed by atoms with Crippen LogP contribution in [0.15, 0.2) is 0 Å². The third-order valence-corrected chi connectivity index (χ3v) is 1.30. The quantitative estimate of drug-likeness (QED) is 0.341. The van der Waals surface area contributed by atoms with E-state index < -0.39 is 6.29 Å². The van der Waals surface area contributed by atoms with Crippen LogP contribution in [0, 0.1) is 0 Å². The summed E-state index contributed by atoms with van der Waals surface area (Å²) in [5, 5.41) is 8.85. The zero-order valence-corrected chi connectivity index (χ0v) is 6.25. The van der Waals surface area contributed by atoms with Crippen molar-refractivity contribution >= 4 is 6.29 Å². The Morgan fingerprint density at radius 1 is 1.60 bits per heavy atom. The molecule has 0 heterocycles. The Morgan fingerprint density at radius 2 is 2.30 bits per heavy atom. The molecule has 0 radical (unpaired) electrons. The molecule has 0 aliphatic rings. The Hall–Kier alpha value is -0.410. The van der Waals surface area contributed by atoms with Gasteiger partial charge in [-0.3, -0.25) is 0 Å². The lowest BCUT2D eigenvalue weighted by Crippen LogP contribution is -2.07. The van der Waals surface area contributed by atoms with Crippen LogP contribution in [0.5, 0.6) is 0 Å². The number of aliphatic hydroxyl groups is 1. The summed E-state index contributed by atoms with van der Waals surface area (Å²) in [6.07, 6.45) is 3.10. The summed E-state index contributed by atoms with van der Waals surface area (Å²) in [4.78, 5) is 9.83. The summed E-state index contributed by atoms with van der Waals surface area (Å²) < 4.78 is 4.60. The molecule has 1 atom stereocenters. The second-order valence-electron chi connectivity index (χ2n) is 2.14. The molecule has 0 aromatic rings. The number of hydrogen-bond acceptors (Lipinski definition) is 3. The normalized spacial score (nSPS) is 13.0. The topological polar surface area (TPSA) is 46.5 Å². The van der Waals surface area contributed by atoms with E-state index in [1.165, 1.54) is 7.11 Å². The minimum Gasteiger partial charge on any atom is -0.368 e. The Bertz CT molecular complexity index is 82.9. The maximum atomic E-state index is 9.83. The van der Waals surface area contributed by atoms with Gasteiger partial charge in [0.05, 0.1) is 0 Å². The van der Waals surface area contributed by atoms with Crippen molar-refractivity contribution in [2.45, 2.75) is 32.0 Å². The van der Waals surface area contributed by atoms with Crippen molar-refractivity contribution in [2.24, 2.45) is 0 Å². The van der Waals surface area contributed by atoms with Crippen LogP contribution in [0.2, 0.25) is 0 Å². The van der Waals surface area contributed by atoms with Crippen molar-refractivity contribution in [3.05, 3.63) is 0 Å². The van der Waals surface area contributed by atoms with E-state index in [0.29, 0.717) is 12.8 Å². The van der Waals surface area contributed by atoms with E-state index in [2.05, 4.69) is 4.74 Å². The van der Waals surface area contributed by atoms with Crippen molar-refractivity contribution < 1.29 is 14.6 Å². The zero-order chi connectivity index (χ0) is 7.82. The summed E-state index contributed by atoms with van der Waals surface area (Å²) >= 11 is 0. The van der Waals surface area contributed by atoms with Gasteiger partial charge in [-0.15, -0.1) is 0 Å². The number of unbranched alkanes of at least 4 members (excludes halogenated alkanes) is 2. The third kappa shape index (κ3) is 5.72. The molecule has 0 fully saturated rings. The Kier molecular flexibility index (Phi) is 6.43. The molecule has 0 saturated carbocycles. The molecular weight excluding hydrogens is 132 g/mol. The first-order valence-corrected chi connectivity index (χ1v) is 3.45. The van der Waals surface area contributed by atoms with Crippen molar-refractivity contribution in [3.8, 4) is 0 Å². The maximum absolute atomic E-state index is 9.83. The smallest absolute Gasteiger partial charge is 0.154 e. The Labute approximate surface area is 61.0 Å². The Balaban J connectivity index is 2.95. The molecule has 3 heteroatoms. The van der Waals surface area contributed by atoms with E-state index in [1.54, 1.807) is 0 Å². The van der Waals surface area contributed by atoms with Gasteiger partial charge >= 0.3 is 0 Å². The number of aldehydes is 1. The highest BCUT2D eigenvalue weighted by Crippen LogP contribution is 2.02. The van der Waals surface area contributed by atoms with E-state index in [0.717, 1.165) is 19.1 Å². The zero-order valence-electron chi connectivity index (χ0n) is 6.25. The largest absolute Gasteiger partial charge is 0.368 e. The lowest BCUT2D eigenvalue weighted by Gasteiger charge is -2.05. The van der Waals surface area contributed by atoms with Gasteiger partial charge in [-0.05, 0) is 19.3 Å². The fourth-order valence-electron chi connectivity index (χ4n) is 0.664. The molecule has 0 aromatic carbocycles. The fourth-order valence-corrected chi connectivity index (χ4v) is 0.664. The molecule has 10 heavy (non-hydrogen) atoms. The predicted octanol–water partition coefficient (Wildman–Crippen LogP) is 0.710. The van der Waals surface area contributed by atoms with Crippen LogP contribution in [-0.2, 0) is 9.53 Å². The first-order chi connectivity index (χ1) is 4.81. The van der Waals surface area contributed by atoms with Gasteiger partial charge in [-0.25, -0.2) is 0 Å². The summed E-state index contributed by atoms with van der Waals surface area (Å²) in [6, 6.07) is 0. The molecule has 0 saturated heterocycles. The van der Waals surface area contributed by atoms with E-state index in [1.807, 2.05) is 0 Å². The van der Waals surface area contributed by atoms with Gasteiger partial charge in [0.25, 0.3) is 0 Å². The predicted molar refractivity (Wildman–Crippen MR) is 37.5 cm³/mol. The lowest BCUT2D eigenvalue weighted by atomic mass is 10.2. The number of ether oxygens (including phenoxy) is 1. The average molecular weight is 146 g/mol. The number of aliphatic hydroxyl groups excluding tert-OH is 1. The number of carbonyl (C=O) groups excluding carboxylic acids is 1. The van der Waals surface area contributed by atoms with E-state index in [4.69, 9.17) is 5.11 Å². The van der Waals surface area contributed by atoms with Crippen LogP contribution in [0.4, 0.5) is 0 Å². The van der Waals surface area contributed by atoms with Gasteiger partial charge < -0.3 is 14.6 Å². The molecule has 1 N–H and O–H groups in total. The highest BCUT2D eigenvalue weighted by molar-refractivity contribution is 5.48. The number of hydrogen-bond donors (Lipinski definition) is 1. The molecule has 3 nitrogen and oxygen atoms in total. The van der Waals surface area contributed by atoms with Crippen LogP contribution in [-0.4, -0.2) is 24.8 Å². The van der Waals surface area contributed by atoms with E-state index in [9.17, 15) is 4.79 Å². The second kappa shape index (κ2) is 6.71. The molecule has 0 aliphatic heterocycles. The van der Waals surface area contributed by atoms with Crippen LogP contribution < -0.4 is 0 Å². The van der Waals surface area contributed by atoms with Gasteiger partial charge in [0.1, 0.15) is 6.29 Å². The molecule has 0 rings (SSSR count). The number of methoxy groups -OCH3 is 1. The number of rotatable bonds is 6. The number of carbonyl (C=O) groups is 1. The monoisotopic (exact) mass is 146 g/mol. The third-order valence-electron chi connectivity index (χ3n) is 1.30. The highest BCUT2D eigenvalue weighted by Gasteiger charge is 1.98. The average Bonchev–Trinajstić information content (AvgIpc) is 1.98. The van der Waals surface area contributed by atoms with Gasteiger partial charge in [0, 0.05) is 13.5 Å². The lowest BCUT2D eigenvalue weighted by molar-refractivity contribution is -0.108. The molecule has 0 spiro atoms. The van der Waals surface area contributed by atoms with Gasteiger partial charge in [-0.2, -0.15) is 0 Å². The molecular formula is C7H14O3. The van der Waals surface area contributed by atoms with Crippen molar-refractivity contribution in [2.75, 3.05) is 7.11 Å². The van der Waals surface area contributed by atoms with Crippen LogP contribution in [0.25, 0.3) is 0 Å². The SMILES string of the molecule is COC(O)CCCCC=O. The van der Waals surface area contributed by atoms with E-state index in [-0.39, 0.29) is 0 Å². The highest BCUT2D eigenvalue weighted by atomic mass is 16.6. The summed E-state index contributed by atoms with van der Waals surface area (Å²) in [7, 11) is 1.46. The Morgan fingerprint density at radius 3 is 2.80 bits per heavy atom. The van der Waals surface area contributed by atoms with Gasteiger partial charge in [-0.1, -0.05) is 0 Å². The van der Waals surface area contributed by atoms with Crippen molar-refractivity contribution in [1.29, 1.82) is 0 Å². The minimum absolute atomic E-state index is 0.580. The standard InChI is InChI=1S/C7H14O3/c1-10-7(9)5-3-2-4-6-8/h6-7,9H,2-5H2,1H3. The van der Waals surface area contributed by atoms with Crippen molar-refractivity contribution in [1.82, 2.24) is 0 Å². The van der Waals surface area contributed by atoms with E-state index >= 15 is 0 Å². The summed E-state index contributed by atoms with van der Waals surface area (Å²) in [5.74, 6) is 0. The molecule has 0 aliphatic carbocycles. The summed E-state index contributed by atoms with van der Waals surface area (Å²) in [6.45, 7) is 0. The van der Waals surface area contributed by atoms with Gasteiger partial charge in [0.2, 0.25) is 0 Å². The second-order valence-corrected chi connectivity index (χ2v) is 2.14. The first kappa shape index (κ1) is 9.59. The van der Waals surface area contributed by atoms with Crippen LogP contribution in [0.3, 0.4) is 0 Å². The van der Waals surface area contributed by atoms with Crippen LogP contribution in [0.1, 0.15) is 25.7 Å². The molecule has 0 aromatic heterocycles. The van der Waals surface area contributed by atoms with Gasteiger partial charge in [0.15, 0.2) is 6.29 Å². The molecule has 0 amide bonds. The summed E-state index contributed by atoms with van der Waals surface area (Å²) in [5.41, 5.74) is 0. The van der Waals surface area contributed by atoms with Crippen molar-refractivity contribution in [3.63, 3.8) is 0 Å². The minimum atomic E-state index is -0.661. The molecule has 60 valence electrons. The maximum Gasteiger partial charge on any atom is 0.154 e. The molecule has 1 unspecified atom stereocenters. The van der Waals surface area contributed by atoms with Crippen LogP contribution >= 0.6 is 0 Å². The molecule has 0 bridgehead atoms. The first-order valence-electron chi connectivity index (χ1n) is 3.45. The fraction of sp³-hybridized carbons (Fsp3) is 0.857.